The van der Waals surface area contributed by atoms with Crippen molar-refractivity contribution in [2.45, 2.75) is 24.7 Å². The van der Waals surface area contributed by atoms with Crippen molar-refractivity contribution in [1.82, 2.24) is 0 Å². The Balaban J connectivity index is 0.942. The lowest BCUT2D eigenvalue weighted by Gasteiger charge is -2.32. The molecule has 0 aliphatic heterocycles. The number of nitrogens with zero attached hydrogens (tertiary/aromatic N) is 1. The monoisotopic (exact) mass is 931 g/mol. The summed E-state index contributed by atoms with van der Waals surface area (Å²) in [5, 5.41) is 4.51. The van der Waals surface area contributed by atoms with E-state index in [1.807, 2.05) is 12.1 Å². The van der Waals surface area contributed by atoms with E-state index in [9.17, 15) is 0 Å². The minimum Gasteiger partial charge on any atom is -0.455 e. The summed E-state index contributed by atoms with van der Waals surface area (Å²) in [6.45, 7) is 4.74. The largest absolute Gasteiger partial charge is 0.455 e. The zero-order valence-electron chi connectivity index (χ0n) is 40.3. The molecule has 3 aliphatic rings. The molecular formula is C70H45NO2. The molecule has 3 aliphatic carbocycles. The maximum atomic E-state index is 6.66. The van der Waals surface area contributed by atoms with E-state index in [0.717, 1.165) is 83.2 Å². The van der Waals surface area contributed by atoms with E-state index in [4.69, 9.17) is 8.83 Å². The number of furan rings is 2. The van der Waals surface area contributed by atoms with Gasteiger partial charge in [0.05, 0.1) is 5.41 Å². The SMILES string of the molecule is CC1(C)c2ccccc2-c2ccc(N(c3cccc(-c4cccc5c4oc4ccccc45)c3)c3ccc4c(c3)C3(c5ccccc5-c5ccccc53)c3ccc(-c5cccc6c5oc5ccccc56)cc3-4)cc21. The van der Waals surface area contributed by atoms with Crippen LogP contribution in [0.25, 0.3) is 99.5 Å². The fraction of sp³-hybridized carbons (Fsp3) is 0.0571. The molecule has 1 spiro atoms. The van der Waals surface area contributed by atoms with Crippen molar-refractivity contribution in [3.8, 4) is 55.6 Å². The Morgan fingerprint density at radius 1 is 0.288 bits per heavy atom. The van der Waals surface area contributed by atoms with E-state index in [2.05, 4.69) is 243 Å². The van der Waals surface area contributed by atoms with E-state index in [-0.39, 0.29) is 5.41 Å². The Morgan fingerprint density at radius 3 is 1.36 bits per heavy atom. The van der Waals surface area contributed by atoms with Crippen LogP contribution >= 0.6 is 0 Å². The summed E-state index contributed by atoms with van der Waals surface area (Å²) in [4.78, 5) is 2.49. The third kappa shape index (κ3) is 5.43. The highest BCUT2D eigenvalue weighted by molar-refractivity contribution is 6.11. The minimum atomic E-state index is -0.566. The number of hydrogen-bond acceptors (Lipinski definition) is 3. The zero-order chi connectivity index (χ0) is 48.2. The van der Waals surface area contributed by atoms with Crippen LogP contribution in [-0.4, -0.2) is 0 Å². The lowest BCUT2D eigenvalue weighted by atomic mass is 9.70. The van der Waals surface area contributed by atoms with Gasteiger partial charge in [-0.25, -0.2) is 0 Å². The van der Waals surface area contributed by atoms with E-state index in [0.29, 0.717) is 0 Å². The van der Waals surface area contributed by atoms with Crippen LogP contribution in [0.3, 0.4) is 0 Å². The van der Waals surface area contributed by atoms with Crippen LogP contribution in [0.4, 0.5) is 17.1 Å². The summed E-state index contributed by atoms with van der Waals surface area (Å²) in [5.74, 6) is 0. The molecule has 0 fully saturated rings. The predicted octanol–water partition coefficient (Wildman–Crippen LogP) is 18.9. The summed E-state index contributed by atoms with van der Waals surface area (Å²) in [7, 11) is 0. The molecule has 0 atom stereocenters. The molecule has 0 N–H and O–H groups in total. The molecule has 2 aromatic heterocycles. The van der Waals surface area contributed by atoms with Crippen LogP contribution in [0.2, 0.25) is 0 Å². The summed E-state index contributed by atoms with van der Waals surface area (Å²) < 4.78 is 13.3. The van der Waals surface area contributed by atoms with Gasteiger partial charge in [0.15, 0.2) is 0 Å². The number of benzene rings is 11. The molecule has 342 valence electrons. The Labute approximate surface area is 422 Å². The maximum Gasteiger partial charge on any atom is 0.143 e. The van der Waals surface area contributed by atoms with Gasteiger partial charge in [-0.05, 0) is 132 Å². The Morgan fingerprint density at radius 2 is 0.726 bits per heavy atom. The fourth-order valence-corrected chi connectivity index (χ4v) is 13.5. The molecule has 13 aromatic rings. The van der Waals surface area contributed by atoms with Crippen LogP contribution in [0, 0.1) is 0 Å². The van der Waals surface area contributed by atoms with Gasteiger partial charge in [-0.15, -0.1) is 0 Å². The van der Waals surface area contributed by atoms with Crippen LogP contribution < -0.4 is 4.90 Å². The van der Waals surface area contributed by atoms with Gasteiger partial charge in [0.2, 0.25) is 0 Å². The molecule has 0 radical (unpaired) electrons. The second kappa shape index (κ2) is 14.7. The molecule has 11 aromatic carbocycles. The Kier molecular flexibility index (Phi) is 8.16. The first kappa shape index (κ1) is 40.5. The third-order valence-corrected chi connectivity index (χ3v) is 16.7. The van der Waals surface area contributed by atoms with Crippen LogP contribution in [0.15, 0.2) is 245 Å². The van der Waals surface area contributed by atoms with Gasteiger partial charge in [-0.3, -0.25) is 0 Å². The quantitative estimate of drug-likeness (QED) is 0.172. The highest BCUT2D eigenvalue weighted by Gasteiger charge is 2.52. The van der Waals surface area contributed by atoms with E-state index in [1.54, 1.807) is 0 Å². The highest BCUT2D eigenvalue weighted by atomic mass is 16.3. The molecule has 3 nitrogen and oxygen atoms in total. The van der Waals surface area contributed by atoms with Gasteiger partial charge in [0.25, 0.3) is 0 Å². The summed E-state index contributed by atoms with van der Waals surface area (Å²) in [6, 6.07) is 87.4. The van der Waals surface area contributed by atoms with Gasteiger partial charge in [0, 0.05) is 55.1 Å². The van der Waals surface area contributed by atoms with Crippen LogP contribution in [0.5, 0.6) is 0 Å². The average Bonchev–Trinajstić information content (AvgIpc) is 4.30. The minimum absolute atomic E-state index is 0.183. The van der Waals surface area contributed by atoms with Gasteiger partial charge in [-0.2, -0.15) is 0 Å². The van der Waals surface area contributed by atoms with E-state index >= 15 is 0 Å². The van der Waals surface area contributed by atoms with Crippen molar-refractivity contribution < 1.29 is 8.83 Å². The second-order valence-electron chi connectivity index (χ2n) is 20.7. The highest BCUT2D eigenvalue weighted by Crippen LogP contribution is 2.64. The lowest BCUT2D eigenvalue weighted by molar-refractivity contribution is 0.660. The normalized spacial score (nSPS) is 14.1. The topological polar surface area (TPSA) is 29.5 Å². The number of hydrogen-bond donors (Lipinski definition) is 0. The van der Waals surface area contributed by atoms with Gasteiger partial charge < -0.3 is 13.7 Å². The van der Waals surface area contributed by atoms with E-state index in [1.165, 1.54) is 66.8 Å². The molecule has 0 saturated heterocycles. The fourth-order valence-electron chi connectivity index (χ4n) is 13.5. The van der Waals surface area contributed by atoms with Crippen molar-refractivity contribution in [3.05, 3.63) is 270 Å². The third-order valence-electron chi connectivity index (χ3n) is 16.7. The first-order chi connectivity index (χ1) is 35.9. The first-order valence-corrected chi connectivity index (χ1v) is 25.4. The predicted molar refractivity (Wildman–Crippen MR) is 300 cm³/mol. The molecule has 0 amide bonds. The molecule has 0 bridgehead atoms. The first-order valence-electron chi connectivity index (χ1n) is 25.4. The smallest absolute Gasteiger partial charge is 0.143 e. The van der Waals surface area contributed by atoms with Crippen molar-refractivity contribution >= 4 is 60.9 Å². The van der Waals surface area contributed by atoms with E-state index < -0.39 is 5.41 Å². The average molecular weight is 932 g/mol. The molecular weight excluding hydrogens is 887 g/mol. The van der Waals surface area contributed by atoms with Gasteiger partial charge in [-0.1, -0.05) is 196 Å². The molecule has 0 saturated carbocycles. The van der Waals surface area contributed by atoms with Crippen molar-refractivity contribution in [2.24, 2.45) is 0 Å². The van der Waals surface area contributed by atoms with Crippen molar-refractivity contribution in [3.63, 3.8) is 0 Å². The van der Waals surface area contributed by atoms with Gasteiger partial charge in [0.1, 0.15) is 22.3 Å². The number of anilines is 3. The molecule has 0 unspecified atom stereocenters. The van der Waals surface area contributed by atoms with Gasteiger partial charge >= 0.3 is 0 Å². The molecule has 3 heteroatoms. The zero-order valence-corrected chi connectivity index (χ0v) is 40.3. The standard InChI is InChI=1S/C70H45NO2/c1-69(2)59-27-8-3-18-49(59)52-35-33-45(40-63(52)69)71(44-17-13-16-42(38-44)47-23-14-25-56-54-21-6-11-30-65(54)72-67(47)56)46-34-36-53-58-39-43(48-24-15-26-57-55-22-7-12-31-66(55)73-68(48)57)32-37-62(58)70(64(53)41-46)60-28-9-4-19-50(60)51-20-5-10-29-61(51)70/h3-41H,1-2H3. The Bertz CT molecular complexity index is 4460. The van der Waals surface area contributed by atoms with Crippen LogP contribution in [-0.2, 0) is 10.8 Å². The van der Waals surface area contributed by atoms with Crippen molar-refractivity contribution in [1.29, 1.82) is 0 Å². The summed E-state index contributed by atoms with van der Waals surface area (Å²) >= 11 is 0. The molecule has 16 rings (SSSR count). The molecule has 2 heterocycles. The Hall–Kier alpha value is -9.18. The number of fused-ring (bicyclic) bond motifs is 19. The van der Waals surface area contributed by atoms with Crippen molar-refractivity contribution in [2.75, 3.05) is 4.90 Å². The number of para-hydroxylation sites is 4. The summed E-state index contributed by atoms with van der Waals surface area (Å²) in [5.41, 5.74) is 26.0. The molecule has 73 heavy (non-hydrogen) atoms. The second-order valence-corrected chi connectivity index (χ2v) is 20.7. The summed E-state index contributed by atoms with van der Waals surface area (Å²) in [6.07, 6.45) is 0. The number of rotatable bonds is 5. The maximum absolute atomic E-state index is 6.66. The lowest BCUT2D eigenvalue weighted by Crippen LogP contribution is -2.26. The van der Waals surface area contributed by atoms with Crippen LogP contribution in [0.1, 0.15) is 47.2 Å².